The van der Waals surface area contributed by atoms with Crippen molar-refractivity contribution in [3.63, 3.8) is 0 Å². The Morgan fingerprint density at radius 2 is 1.95 bits per heavy atom. The van der Waals surface area contributed by atoms with Crippen LogP contribution in [-0.4, -0.2) is 35.3 Å². The molecule has 0 radical (unpaired) electrons. The van der Waals surface area contributed by atoms with Gasteiger partial charge in [0, 0.05) is 43.0 Å². The molecule has 0 unspecified atom stereocenters. The van der Waals surface area contributed by atoms with Gasteiger partial charge >= 0.3 is 0 Å². The lowest BCUT2D eigenvalue weighted by Gasteiger charge is -2.25. The molecule has 3 heteroatoms. The van der Waals surface area contributed by atoms with Gasteiger partial charge in [-0.2, -0.15) is 0 Å². The highest BCUT2D eigenvalue weighted by atomic mass is 16.1. The van der Waals surface area contributed by atoms with Crippen molar-refractivity contribution >= 4 is 16.7 Å². The van der Waals surface area contributed by atoms with Crippen LogP contribution in [-0.2, 0) is 11.2 Å². The summed E-state index contributed by atoms with van der Waals surface area (Å²) >= 11 is 0. The number of hydrogen-bond acceptors (Lipinski definition) is 2. The van der Waals surface area contributed by atoms with Gasteiger partial charge in [-0.1, -0.05) is 18.2 Å². The molecular weight excluding hydrogens is 236 g/mol. The molecule has 1 saturated heterocycles. The van der Waals surface area contributed by atoms with E-state index in [-0.39, 0.29) is 0 Å². The first-order chi connectivity index (χ1) is 9.33. The first kappa shape index (κ1) is 12.4. The van der Waals surface area contributed by atoms with E-state index in [1.807, 2.05) is 0 Å². The largest absolute Gasteiger partial charge is 0.361 e. The van der Waals surface area contributed by atoms with Gasteiger partial charge in [0.2, 0.25) is 0 Å². The predicted octanol–water partition coefficient (Wildman–Crippen LogP) is 2.77. The molecule has 2 aromatic rings. The van der Waals surface area contributed by atoms with Crippen molar-refractivity contribution in [2.45, 2.75) is 25.7 Å². The molecule has 3 rings (SSSR count). The Morgan fingerprint density at radius 1 is 1.16 bits per heavy atom. The second-order valence-electron chi connectivity index (χ2n) is 5.34. The Hall–Kier alpha value is -1.61. The van der Waals surface area contributed by atoms with Gasteiger partial charge in [0.05, 0.1) is 0 Å². The number of carbonyl (C=O) groups excluding carboxylic acids is 1. The fourth-order valence-electron chi connectivity index (χ4n) is 2.86. The molecule has 1 N–H and O–H groups in total. The van der Waals surface area contributed by atoms with Gasteiger partial charge in [-0.15, -0.1) is 0 Å². The van der Waals surface area contributed by atoms with Gasteiger partial charge < -0.3 is 9.88 Å². The molecule has 2 heterocycles. The number of carbonyl (C=O) groups is 1. The number of aromatic amines is 1. The highest BCUT2D eigenvalue weighted by Crippen LogP contribution is 2.19. The van der Waals surface area contributed by atoms with E-state index in [2.05, 4.69) is 40.3 Å². The van der Waals surface area contributed by atoms with E-state index in [1.54, 1.807) is 0 Å². The molecule has 1 aromatic carbocycles. The lowest BCUT2D eigenvalue weighted by atomic mass is 10.1. The molecule has 3 nitrogen and oxygen atoms in total. The summed E-state index contributed by atoms with van der Waals surface area (Å²) in [7, 11) is 0. The SMILES string of the molecule is O=C1CCN(CCCc2c[nH]c3ccccc23)CC1. The van der Waals surface area contributed by atoms with Crippen molar-refractivity contribution in [2.75, 3.05) is 19.6 Å². The minimum atomic E-state index is 0.424. The van der Waals surface area contributed by atoms with E-state index in [1.165, 1.54) is 16.5 Å². The number of aromatic nitrogens is 1. The molecule has 0 atom stereocenters. The van der Waals surface area contributed by atoms with E-state index in [0.717, 1.165) is 45.3 Å². The average molecular weight is 256 g/mol. The fourth-order valence-corrected chi connectivity index (χ4v) is 2.86. The third kappa shape index (κ3) is 2.87. The van der Waals surface area contributed by atoms with Gasteiger partial charge in [-0.3, -0.25) is 4.79 Å². The zero-order valence-corrected chi connectivity index (χ0v) is 11.2. The van der Waals surface area contributed by atoms with Crippen LogP contribution in [0.1, 0.15) is 24.8 Å². The number of piperidine rings is 1. The summed E-state index contributed by atoms with van der Waals surface area (Å²) in [5.41, 5.74) is 2.63. The average Bonchev–Trinajstić information content (AvgIpc) is 2.85. The number of nitrogens with zero attached hydrogens (tertiary/aromatic N) is 1. The molecule has 1 aromatic heterocycles. The normalized spacial score (nSPS) is 17.2. The summed E-state index contributed by atoms with van der Waals surface area (Å²) in [6, 6.07) is 8.46. The summed E-state index contributed by atoms with van der Waals surface area (Å²) in [4.78, 5) is 16.9. The summed E-state index contributed by atoms with van der Waals surface area (Å²) in [5.74, 6) is 0.424. The van der Waals surface area contributed by atoms with Gasteiger partial charge in [-0.25, -0.2) is 0 Å². The summed E-state index contributed by atoms with van der Waals surface area (Å²) in [6.07, 6.45) is 5.88. The van der Waals surface area contributed by atoms with Crippen LogP contribution in [0.25, 0.3) is 10.9 Å². The van der Waals surface area contributed by atoms with Crippen molar-refractivity contribution in [2.24, 2.45) is 0 Å². The number of hydrogen-bond donors (Lipinski definition) is 1. The number of Topliss-reactive ketones (excluding diaryl/α,β-unsaturated/α-hetero) is 1. The van der Waals surface area contributed by atoms with E-state index < -0.39 is 0 Å². The predicted molar refractivity (Wildman–Crippen MR) is 77.3 cm³/mol. The molecule has 0 bridgehead atoms. The minimum Gasteiger partial charge on any atom is -0.361 e. The maximum atomic E-state index is 11.2. The molecule has 19 heavy (non-hydrogen) atoms. The second-order valence-corrected chi connectivity index (χ2v) is 5.34. The number of para-hydroxylation sites is 1. The van der Waals surface area contributed by atoms with Crippen molar-refractivity contribution in [3.8, 4) is 0 Å². The maximum Gasteiger partial charge on any atom is 0.135 e. The topological polar surface area (TPSA) is 36.1 Å². The van der Waals surface area contributed by atoms with Crippen LogP contribution in [0.4, 0.5) is 0 Å². The van der Waals surface area contributed by atoms with Crippen LogP contribution < -0.4 is 0 Å². The standard InChI is InChI=1S/C16H20N2O/c19-14-7-10-18(11-8-14)9-3-4-13-12-17-16-6-2-1-5-15(13)16/h1-2,5-6,12,17H,3-4,7-11H2. The molecule has 1 fully saturated rings. The quantitative estimate of drug-likeness (QED) is 0.913. The fraction of sp³-hybridized carbons (Fsp3) is 0.438. The van der Waals surface area contributed by atoms with Crippen LogP contribution in [0, 0.1) is 0 Å². The van der Waals surface area contributed by atoms with Gasteiger partial charge in [-0.05, 0) is 31.0 Å². The van der Waals surface area contributed by atoms with Gasteiger partial charge in [0.1, 0.15) is 5.78 Å². The van der Waals surface area contributed by atoms with Gasteiger partial charge in [0.15, 0.2) is 0 Å². The summed E-state index contributed by atoms with van der Waals surface area (Å²) < 4.78 is 0. The smallest absolute Gasteiger partial charge is 0.135 e. The van der Waals surface area contributed by atoms with Gasteiger partial charge in [0.25, 0.3) is 0 Å². The second kappa shape index (κ2) is 5.57. The molecule has 100 valence electrons. The van der Waals surface area contributed by atoms with E-state index in [0.29, 0.717) is 5.78 Å². The third-order valence-corrected chi connectivity index (χ3v) is 4.01. The Kier molecular flexibility index (Phi) is 3.65. The number of likely N-dealkylation sites (tertiary alicyclic amines) is 1. The van der Waals surface area contributed by atoms with E-state index in [9.17, 15) is 4.79 Å². The number of nitrogens with one attached hydrogen (secondary N) is 1. The van der Waals surface area contributed by atoms with Crippen LogP contribution in [0.2, 0.25) is 0 Å². The van der Waals surface area contributed by atoms with Crippen molar-refractivity contribution in [1.29, 1.82) is 0 Å². The molecule has 0 amide bonds. The lowest BCUT2D eigenvalue weighted by molar-refractivity contribution is -0.121. The van der Waals surface area contributed by atoms with E-state index in [4.69, 9.17) is 0 Å². The number of fused-ring (bicyclic) bond motifs is 1. The highest BCUT2D eigenvalue weighted by molar-refractivity contribution is 5.83. The van der Waals surface area contributed by atoms with Crippen LogP contribution in [0.3, 0.4) is 0 Å². The minimum absolute atomic E-state index is 0.424. The Bertz CT molecular complexity index is 563. The van der Waals surface area contributed by atoms with E-state index >= 15 is 0 Å². The molecule has 1 aliphatic heterocycles. The molecule has 0 spiro atoms. The molecular formula is C16H20N2O. The first-order valence-electron chi connectivity index (χ1n) is 7.12. The van der Waals surface area contributed by atoms with Crippen molar-refractivity contribution < 1.29 is 4.79 Å². The third-order valence-electron chi connectivity index (χ3n) is 4.01. The Labute approximate surface area is 113 Å². The van der Waals surface area contributed by atoms with Crippen LogP contribution in [0.15, 0.2) is 30.5 Å². The number of ketones is 1. The lowest BCUT2D eigenvalue weighted by Crippen LogP contribution is -2.34. The molecule has 0 saturated carbocycles. The number of H-pyrrole nitrogens is 1. The molecule has 0 aliphatic carbocycles. The maximum absolute atomic E-state index is 11.2. The monoisotopic (exact) mass is 256 g/mol. The van der Waals surface area contributed by atoms with Crippen LogP contribution >= 0.6 is 0 Å². The zero-order chi connectivity index (χ0) is 13.1. The molecule has 1 aliphatic rings. The van der Waals surface area contributed by atoms with Crippen molar-refractivity contribution in [1.82, 2.24) is 9.88 Å². The summed E-state index contributed by atoms with van der Waals surface area (Å²) in [5, 5.41) is 1.34. The number of benzene rings is 1. The Balaban J connectivity index is 1.53. The Morgan fingerprint density at radius 3 is 2.79 bits per heavy atom. The number of aryl methyl sites for hydroxylation is 1. The number of rotatable bonds is 4. The van der Waals surface area contributed by atoms with Crippen molar-refractivity contribution in [3.05, 3.63) is 36.0 Å². The first-order valence-corrected chi connectivity index (χ1v) is 7.12. The zero-order valence-electron chi connectivity index (χ0n) is 11.2. The summed E-state index contributed by atoms with van der Waals surface area (Å²) in [6.45, 7) is 3.01. The highest BCUT2D eigenvalue weighted by Gasteiger charge is 2.15. The van der Waals surface area contributed by atoms with Crippen LogP contribution in [0.5, 0.6) is 0 Å².